The molecule has 1 aromatic heterocycles. The summed E-state index contributed by atoms with van der Waals surface area (Å²) in [5.74, 6) is 0.822. The van der Waals surface area contributed by atoms with E-state index >= 15 is 0 Å². The number of benzene rings is 1. The molecular weight excluding hydrogens is 468 g/mol. The number of amides is 1. The van der Waals surface area contributed by atoms with Gasteiger partial charge in [0, 0.05) is 24.5 Å². The van der Waals surface area contributed by atoms with E-state index in [0.29, 0.717) is 0 Å². The molecule has 0 aliphatic rings. The van der Waals surface area contributed by atoms with Crippen molar-refractivity contribution in [2.24, 2.45) is 0 Å². The molecule has 4 heteroatoms. The highest BCUT2D eigenvalue weighted by atomic mass is 16.5. The van der Waals surface area contributed by atoms with E-state index in [4.69, 9.17) is 4.74 Å². The molecule has 1 amide bonds. The van der Waals surface area contributed by atoms with Gasteiger partial charge in [0.1, 0.15) is 5.75 Å². The highest BCUT2D eigenvalue weighted by Crippen LogP contribution is 2.24. The van der Waals surface area contributed by atoms with Crippen LogP contribution < -0.4 is 10.1 Å². The Bertz CT molecular complexity index is 935. The normalized spacial score (nSPS) is 12.6. The number of hydrogen-bond donors (Lipinski definition) is 1. The molecule has 2 aromatic rings. The molecule has 2 rings (SSSR count). The zero-order valence-corrected chi connectivity index (χ0v) is 24.1. The maximum absolute atomic E-state index is 12.5. The zero-order valence-electron chi connectivity index (χ0n) is 24.1. The van der Waals surface area contributed by atoms with Crippen molar-refractivity contribution < 1.29 is 9.53 Å². The topological polar surface area (TPSA) is 51.2 Å². The summed E-state index contributed by atoms with van der Waals surface area (Å²) in [5.41, 5.74) is 3.70. The first-order valence-electron chi connectivity index (χ1n) is 14.8. The lowest BCUT2D eigenvalue weighted by Crippen LogP contribution is -2.31. The van der Waals surface area contributed by atoms with Crippen LogP contribution in [0.25, 0.3) is 5.57 Å². The fourth-order valence-electron chi connectivity index (χ4n) is 4.71. The van der Waals surface area contributed by atoms with Crippen LogP contribution in [0.4, 0.5) is 0 Å². The van der Waals surface area contributed by atoms with E-state index in [1.165, 1.54) is 80.9 Å². The quantitative estimate of drug-likeness (QED) is 0.108. The number of allylic oxidation sites excluding steroid dienone is 3. The van der Waals surface area contributed by atoms with Crippen LogP contribution in [0.15, 0.2) is 67.0 Å². The molecule has 0 aliphatic carbocycles. The fraction of sp³-hybridized carbons (Fsp3) is 0.529. The monoisotopic (exact) mass is 518 g/mol. The highest BCUT2D eigenvalue weighted by molar-refractivity contribution is 5.88. The highest BCUT2D eigenvalue weighted by Gasteiger charge is 2.06. The summed E-state index contributed by atoms with van der Waals surface area (Å²) in [5, 5.41) is 3.10. The van der Waals surface area contributed by atoms with Gasteiger partial charge in [-0.1, -0.05) is 95.1 Å². The van der Waals surface area contributed by atoms with Crippen LogP contribution >= 0.6 is 0 Å². The van der Waals surface area contributed by atoms with E-state index in [2.05, 4.69) is 48.4 Å². The van der Waals surface area contributed by atoms with Crippen LogP contribution in [0.1, 0.15) is 108 Å². The third-order valence-corrected chi connectivity index (χ3v) is 7.02. The van der Waals surface area contributed by atoms with Gasteiger partial charge in [-0.15, -0.1) is 0 Å². The van der Waals surface area contributed by atoms with Gasteiger partial charge in [0.05, 0.1) is 7.11 Å². The van der Waals surface area contributed by atoms with Crippen LogP contribution in [0.2, 0.25) is 0 Å². The van der Waals surface area contributed by atoms with E-state index in [-0.39, 0.29) is 11.9 Å². The first kappa shape index (κ1) is 31.3. The maximum Gasteiger partial charge on any atom is 0.244 e. The van der Waals surface area contributed by atoms with Crippen molar-refractivity contribution in [2.45, 2.75) is 110 Å². The molecule has 0 saturated heterocycles. The van der Waals surface area contributed by atoms with Crippen molar-refractivity contribution in [1.82, 2.24) is 10.3 Å². The average Bonchev–Trinajstić information content (AvgIpc) is 2.93. The van der Waals surface area contributed by atoms with Crippen molar-refractivity contribution in [3.8, 4) is 5.75 Å². The Morgan fingerprint density at radius 1 is 0.947 bits per heavy atom. The number of rotatable bonds is 20. The van der Waals surface area contributed by atoms with Gasteiger partial charge in [-0.2, -0.15) is 0 Å². The molecule has 1 N–H and O–H groups in total. The molecule has 0 unspecified atom stereocenters. The Balaban J connectivity index is 1.79. The van der Waals surface area contributed by atoms with Crippen LogP contribution in [-0.2, 0) is 11.2 Å². The molecule has 1 heterocycles. The first-order chi connectivity index (χ1) is 18.6. The summed E-state index contributed by atoms with van der Waals surface area (Å²) in [6.45, 7) is 4.34. The fourth-order valence-corrected chi connectivity index (χ4v) is 4.71. The lowest BCUT2D eigenvalue weighted by Gasteiger charge is -2.12. The number of aromatic nitrogens is 1. The van der Waals surface area contributed by atoms with Gasteiger partial charge in [-0.3, -0.25) is 9.78 Å². The van der Waals surface area contributed by atoms with Crippen LogP contribution in [0.3, 0.4) is 0 Å². The number of carbonyl (C=O) groups is 1. The molecule has 0 spiro atoms. The van der Waals surface area contributed by atoms with E-state index < -0.39 is 0 Å². The summed E-state index contributed by atoms with van der Waals surface area (Å²) in [6.07, 6.45) is 26.6. The van der Waals surface area contributed by atoms with Gasteiger partial charge >= 0.3 is 0 Å². The SMILES string of the molecule is CCCCCCCCCCCCC(=CC=CC(=O)N[C@H](C)CCCc1cccnc1)c1ccc(OC)cc1. The number of methoxy groups -OCH3 is 1. The minimum Gasteiger partial charge on any atom is -0.497 e. The van der Waals surface area contributed by atoms with Crippen molar-refractivity contribution >= 4 is 11.5 Å². The van der Waals surface area contributed by atoms with Gasteiger partial charge in [-0.25, -0.2) is 0 Å². The number of ether oxygens (including phenoxy) is 1. The second-order valence-electron chi connectivity index (χ2n) is 10.4. The Kier molecular flexibility index (Phi) is 16.6. The number of nitrogens with zero attached hydrogens (tertiary/aromatic N) is 1. The summed E-state index contributed by atoms with van der Waals surface area (Å²) >= 11 is 0. The Morgan fingerprint density at radius 2 is 1.63 bits per heavy atom. The molecule has 0 radical (unpaired) electrons. The summed E-state index contributed by atoms with van der Waals surface area (Å²) in [7, 11) is 1.69. The molecule has 0 bridgehead atoms. The first-order valence-corrected chi connectivity index (χ1v) is 14.8. The zero-order chi connectivity index (χ0) is 27.3. The summed E-state index contributed by atoms with van der Waals surface area (Å²) < 4.78 is 5.33. The minimum atomic E-state index is -0.0388. The Hall–Kier alpha value is -2.88. The molecule has 0 saturated carbocycles. The minimum absolute atomic E-state index is 0.0388. The Morgan fingerprint density at radius 3 is 2.26 bits per heavy atom. The van der Waals surface area contributed by atoms with Gasteiger partial charge < -0.3 is 10.1 Å². The largest absolute Gasteiger partial charge is 0.497 e. The molecule has 208 valence electrons. The Labute approximate surface area is 232 Å². The van der Waals surface area contributed by atoms with Crippen LogP contribution in [0, 0.1) is 0 Å². The lowest BCUT2D eigenvalue weighted by molar-refractivity contribution is -0.117. The molecule has 4 nitrogen and oxygen atoms in total. The maximum atomic E-state index is 12.5. The summed E-state index contributed by atoms with van der Waals surface area (Å²) in [4.78, 5) is 16.6. The number of unbranched alkanes of at least 4 members (excludes halogenated alkanes) is 9. The number of aryl methyl sites for hydroxylation is 1. The van der Waals surface area contributed by atoms with E-state index in [9.17, 15) is 4.79 Å². The van der Waals surface area contributed by atoms with Gasteiger partial charge in [0.15, 0.2) is 0 Å². The lowest BCUT2D eigenvalue weighted by atomic mass is 9.98. The van der Waals surface area contributed by atoms with E-state index in [0.717, 1.165) is 31.4 Å². The number of pyridine rings is 1. The summed E-state index contributed by atoms with van der Waals surface area (Å²) in [6, 6.07) is 12.4. The molecular formula is C34H50N2O2. The van der Waals surface area contributed by atoms with Crippen molar-refractivity contribution in [2.75, 3.05) is 7.11 Å². The van der Waals surface area contributed by atoms with Crippen LogP contribution in [0.5, 0.6) is 5.75 Å². The van der Waals surface area contributed by atoms with E-state index in [1.54, 1.807) is 19.4 Å². The van der Waals surface area contributed by atoms with Crippen molar-refractivity contribution in [3.63, 3.8) is 0 Å². The van der Waals surface area contributed by atoms with Crippen molar-refractivity contribution in [3.05, 3.63) is 78.1 Å². The third kappa shape index (κ3) is 14.2. The molecule has 0 fully saturated rings. The predicted molar refractivity (Wildman–Crippen MR) is 161 cm³/mol. The second kappa shape index (κ2) is 20.1. The molecule has 1 atom stereocenters. The molecule has 0 aliphatic heterocycles. The van der Waals surface area contributed by atoms with Crippen molar-refractivity contribution in [1.29, 1.82) is 0 Å². The average molecular weight is 519 g/mol. The third-order valence-electron chi connectivity index (χ3n) is 7.02. The van der Waals surface area contributed by atoms with E-state index in [1.807, 2.05) is 30.5 Å². The number of hydrogen-bond acceptors (Lipinski definition) is 3. The van der Waals surface area contributed by atoms with Crippen LogP contribution in [-0.4, -0.2) is 24.0 Å². The second-order valence-corrected chi connectivity index (χ2v) is 10.4. The smallest absolute Gasteiger partial charge is 0.244 e. The number of carbonyl (C=O) groups excluding carboxylic acids is 1. The standard InChI is InChI=1S/C34H50N2O2/c1-4-5-6-7-8-9-10-11-12-13-20-31(32-23-25-33(38-3)26-24-32)21-15-22-34(37)36-29(2)17-14-18-30-19-16-27-35-28-30/h15-16,19,21-29H,4-14,17-18,20H2,1-3H3,(H,36,37)/t29-/m1/s1. The van der Waals surface area contributed by atoms with Gasteiger partial charge in [-0.05, 0) is 73.9 Å². The molecule has 38 heavy (non-hydrogen) atoms. The van der Waals surface area contributed by atoms with Gasteiger partial charge in [0.25, 0.3) is 0 Å². The van der Waals surface area contributed by atoms with Gasteiger partial charge in [0.2, 0.25) is 5.91 Å². The number of nitrogens with one attached hydrogen (secondary N) is 1. The molecule has 1 aromatic carbocycles. The predicted octanol–water partition coefficient (Wildman–Crippen LogP) is 8.87.